The highest BCUT2D eigenvalue weighted by Crippen LogP contribution is 2.17. The van der Waals surface area contributed by atoms with Crippen molar-refractivity contribution in [2.45, 2.75) is 13.8 Å². The van der Waals surface area contributed by atoms with E-state index < -0.39 is 0 Å². The van der Waals surface area contributed by atoms with E-state index in [2.05, 4.69) is 47.7 Å². The number of nitrogens with one attached hydrogen (secondary N) is 1. The van der Waals surface area contributed by atoms with Gasteiger partial charge in [-0.1, -0.05) is 12.7 Å². The molecular weight excluding hydrogens is 350 g/mol. The van der Waals surface area contributed by atoms with Crippen molar-refractivity contribution in [3.05, 3.63) is 95.8 Å². The van der Waals surface area contributed by atoms with E-state index in [1.165, 1.54) is 0 Å². The van der Waals surface area contributed by atoms with Crippen molar-refractivity contribution < 1.29 is 9.53 Å². The summed E-state index contributed by atoms with van der Waals surface area (Å²) in [6, 6.07) is 19.0. The largest absolute Gasteiger partial charge is 0.490 e. The van der Waals surface area contributed by atoms with Gasteiger partial charge in [0, 0.05) is 22.6 Å². The van der Waals surface area contributed by atoms with Crippen LogP contribution in [0.3, 0.4) is 0 Å². The van der Waals surface area contributed by atoms with Crippen molar-refractivity contribution in [2.75, 3.05) is 6.61 Å². The van der Waals surface area contributed by atoms with Crippen molar-refractivity contribution in [3.63, 3.8) is 0 Å². The Morgan fingerprint density at radius 2 is 1.68 bits per heavy atom. The summed E-state index contributed by atoms with van der Waals surface area (Å²) in [6.07, 6.45) is 3.29. The third-order valence-corrected chi connectivity index (χ3v) is 4.29. The molecule has 0 bridgehead atoms. The lowest BCUT2D eigenvalue weighted by atomic mass is 10.2. The van der Waals surface area contributed by atoms with Crippen LogP contribution < -0.4 is 10.2 Å². The number of hydrogen-bond donors (Lipinski definition) is 1. The van der Waals surface area contributed by atoms with Crippen LogP contribution in [0, 0.1) is 13.8 Å². The van der Waals surface area contributed by atoms with Gasteiger partial charge < -0.3 is 9.30 Å². The molecule has 1 N–H and O–H groups in total. The van der Waals surface area contributed by atoms with Gasteiger partial charge in [0.2, 0.25) is 0 Å². The number of hydrazone groups is 1. The maximum absolute atomic E-state index is 12.3. The van der Waals surface area contributed by atoms with Gasteiger partial charge in [0.25, 0.3) is 5.91 Å². The number of carbonyl (C=O) groups excluding carboxylic acids is 1. The average Bonchev–Trinajstić information content (AvgIpc) is 3.05. The highest BCUT2D eigenvalue weighted by Gasteiger charge is 2.07. The molecule has 1 aromatic heterocycles. The van der Waals surface area contributed by atoms with Crippen molar-refractivity contribution in [1.82, 2.24) is 9.99 Å². The van der Waals surface area contributed by atoms with E-state index in [1.807, 2.05) is 36.4 Å². The summed E-state index contributed by atoms with van der Waals surface area (Å²) >= 11 is 0. The summed E-state index contributed by atoms with van der Waals surface area (Å²) < 4.78 is 7.57. The molecule has 28 heavy (non-hydrogen) atoms. The van der Waals surface area contributed by atoms with Gasteiger partial charge in [-0.3, -0.25) is 4.79 Å². The summed E-state index contributed by atoms with van der Waals surface area (Å²) in [4.78, 5) is 12.3. The second-order valence-electron chi connectivity index (χ2n) is 6.37. The van der Waals surface area contributed by atoms with Crippen LogP contribution >= 0.6 is 0 Å². The number of carbonyl (C=O) groups is 1. The van der Waals surface area contributed by atoms with Gasteiger partial charge in [0.15, 0.2) is 0 Å². The minimum Gasteiger partial charge on any atom is -0.490 e. The number of aromatic nitrogens is 1. The van der Waals surface area contributed by atoms with E-state index in [4.69, 9.17) is 4.74 Å². The van der Waals surface area contributed by atoms with Crippen LogP contribution in [0.1, 0.15) is 27.3 Å². The van der Waals surface area contributed by atoms with Crippen LogP contribution in [0.5, 0.6) is 5.75 Å². The van der Waals surface area contributed by atoms with Crippen LogP contribution in [-0.4, -0.2) is 23.3 Å². The Morgan fingerprint density at radius 3 is 2.29 bits per heavy atom. The summed E-state index contributed by atoms with van der Waals surface area (Å²) in [5.74, 6) is 0.504. The average molecular weight is 373 g/mol. The Kier molecular flexibility index (Phi) is 6.07. The van der Waals surface area contributed by atoms with Crippen molar-refractivity contribution in [1.29, 1.82) is 0 Å². The molecule has 0 saturated heterocycles. The monoisotopic (exact) mass is 373 g/mol. The molecule has 0 aliphatic heterocycles. The van der Waals surface area contributed by atoms with Crippen LogP contribution in [-0.2, 0) is 0 Å². The minimum absolute atomic E-state index is 0.255. The van der Waals surface area contributed by atoms with Crippen molar-refractivity contribution >= 4 is 12.1 Å². The smallest absolute Gasteiger partial charge is 0.271 e. The quantitative estimate of drug-likeness (QED) is 0.379. The van der Waals surface area contributed by atoms with Gasteiger partial charge in [0.05, 0.1) is 6.21 Å². The topological polar surface area (TPSA) is 55.6 Å². The zero-order chi connectivity index (χ0) is 19.9. The number of nitrogens with zero attached hydrogens (tertiary/aromatic N) is 2. The molecule has 0 fully saturated rings. The molecule has 0 atom stereocenters. The predicted octanol–water partition coefficient (Wildman–Crippen LogP) is 4.42. The molecule has 0 spiro atoms. The maximum Gasteiger partial charge on any atom is 0.271 e. The van der Waals surface area contributed by atoms with Gasteiger partial charge in [-0.15, -0.1) is 0 Å². The fourth-order valence-corrected chi connectivity index (χ4v) is 2.87. The fraction of sp³-hybridized carbons (Fsp3) is 0.130. The first-order valence-corrected chi connectivity index (χ1v) is 9.01. The summed E-state index contributed by atoms with van der Waals surface area (Å²) in [7, 11) is 0. The molecule has 2 aromatic carbocycles. The van der Waals surface area contributed by atoms with E-state index in [0.717, 1.165) is 28.4 Å². The number of aryl methyl sites for hydroxylation is 2. The van der Waals surface area contributed by atoms with E-state index in [-0.39, 0.29) is 5.91 Å². The van der Waals surface area contributed by atoms with E-state index in [9.17, 15) is 4.79 Å². The van der Waals surface area contributed by atoms with E-state index in [0.29, 0.717) is 12.2 Å². The summed E-state index contributed by atoms with van der Waals surface area (Å²) in [5.41, 5.74) is 7.30. The third-order valence-electron chi connectivity index (χ3n) is 4.29. The lowest BCUT2D eigenvalue weighted by molar-refractivity contribution is 0.0955. The molecule has 3 rings (SSSR count). The number of amides is 1. The SMILES string of the molecule is C=CCOc1ccc(/C=N/NC(=O)c2ccc(-n3c(C)ccc3C)cc2)cc1. The molecule has 1 amide bonds. The van der Waals surface area contributed by atoms with Crippen LogP contribution in [0.15, 0.2) is 78.4 Å². The van der Waals surface area contributed by atoms with Gasteiger partial charge >= 0.3 is 0 Å². The van der Waals surface area contributed by atoms with Crippen molar-refractivity contribution in [3.8, 4) is 11.4 Å². The molecule has 0 radical (unpaired) electrons. The standard InChI is InChI=1S/C23H23N3O2/c1-4-15-28-22-13-7-19(8-14-22)16-24-25-23(27)20-9-11-21(12-10-20)26-17(2)5-6-18(26)3/h4-14,16H,1,15H2,2-3H3,(H,25,27)/b24-16+. The van der Waals surface area contributed by atoms with E-state index >= 15 is 0 Å². The maximum atomic E-state index is 12.3. The molecule has 0 aliphatic rings. The highest BCUT2D eigenvalue weighted by atomic mass is 16.5. The van der Waals surface area contributed by atoms with Gasteiger partial charge in [0.1, 0.15) is 12.4 Å². The molecule has 1 heterocycles. The van der Waals surface area contributed by atoms with E-state index in [1.54, 1.807) is 24.4 Å². The number of hydrogen-bond acceptors (Lipinski definition) is 3. The molecule has 0 saturated carbocycles. The predicted molar refractivity (Wildman–Crippen MR) is 112 cm³/mol. The van der Waals surface area contributed by atoms with Crippen LogP contribution in [0.25, 0.3) is 5.69 Å². The van der Waals surface area contributed by atoms with Crippen molar-refractivity contribution in [2.24, 2.45) is 5.10 Å². The third kappa shape index (κ3) is 4.57. The molecule has 3 aromatic rings. The Morgan fingerprint density at radius 1 is 1.04 bits per heavy atom. The van der Waals surface area contributed by atoms with Crippen LogP contribution in [0.2, 0.25) is 0 Å². The van der Waals surface area contributed by atoms with Crippen LogP contribution in [0.4, 0.5) is 0 Å². The Bertz CT molecular complexity index is 964. The Labute approximate surface area is 165 Å². The number of ether oxygens (including phenoxy) is 1. The first-order chi connectivity index (χ1) is 13.6. The first kappa shape index (κ1) is 19.2. The van der Waals surface area contributed by atoms with Gasteiger partial charge in [-0.25, -0.2) is 5.43 Å². The first-order valence-electron chi connectivity index (χ1n) is 9.01. The van der Waals surface area contributed by atoms with Gasteiger partial charge in [-0.05, 0) is 80.1 Å². The lowest BCUT2D eigenvalue weighted by Gasteiger charge is -2.10. The summed E-state index contributed by atoms with van der Waals surface area (Å²) in [5, 5.41) is 4.02. The second kappa shape index (κ2) is 8.86. The molecule has 0 aliphatic carbocycles. The zero-order valence-corrected chi connectivity index (χ0v) is 16.1. The second-order valence-corrected chi connectivity index (χ2v) is 6.37. The molecular formula is C23H23N3O2. The normalized spacial score (nSPS) is 10.8. The highest BCUT2D eigenvalue weighted by molar-refractivity contribution is 5.95. The molecule has 0 unspecified atom stereocenters. The number of rotatable bonds is 7. The molecule has 142 valence electrons. The lowest BCUT2D eigenvalue weighted by Crippen LogP contribution is -2.17. The van der Waals surface area contributed by atoms with Gasteiger partial charge in [-0.2, -0.15) is 5.10 Å². The Hall–Kier alpha value is -3.60. The number of benzene rings is 2. The summed E-state index contributed by atoms with van der Waals surface area (Å²) in [6.45, 7) is 8.19. The minimum atomic E-state index is -0.255. The fourth-order valence-electron chi connectivity index (χ4n) is 2.87. The molecule has 5 nitrogen and oxygen atoms in total. The molecule has 5 heteroatoms. The zero-order valence-electron chi connectivity index (χ0n) is 16.1. The Balaban J connectivity index is 1.60.